The topological polar surface area (TPSA) is 54.9 Å². The molecule has 0 saturated carbocycles. The number of amides is 1. The van der Waals surface area contributed by atoms with Crippen molar-refractivity contribution in [3.8, 4) is 0 Å². The van der Waals surface area contributed by atoms with E-state index in [2.05, 4.69) is 31.2 Å². The highest BCUT2D eigenvalue weighted by atomic mass is 79.9. The monoisotopic (exact) mass is 295 g/mol. The number of hydrogen-bond acceptors (Lipinski definition) is 3. The van der Waals surface area contributed by atoms with Crippen LogP contribution < -0.4 is 5.32 Å². The molecule has 0 spiro atoms. The Morgan fingerprint density at radius 1 is 1.29 bits per heavy atom. The normalized spacial score (nSPS) is 10.0. The summed E-state index contributed by atoms with van der Waals surface area (Å²) >= 11 is 3.18. The Hall–Kier alpha value is -1.82. The maximum atomic E-state index is 13.3. The molecule has 86 valence electrons. The number of nitrogens with one attached hydrogen (secondary N) is 1. The zero-order valence-electron chi connectivity index (χ0n) is 8.52. The van der Waals surface area contributed by atoms with Crippen LogP contribution in [0.1, 0.15) is 10.4 Å². The summed E-state index contributed by atoms with van der Waals surface area (Å²) in [6.45, 7) is 0. The quantitative estimate of drug-likeness (QED) is 0.867. The summed E-state index contributed by atoms with van der Waals surface area (Å²) in [5.41, 5.74) is 0.442. The van der Waals surface area contributed by atoms with Crippen molar-refractivity contribution < 1.29 is 9.18 Å². The zero-order valence-corrected chi connectivity index (χ0v) is 10.1. The molecule has 2 aromatic rings. The Morgan fingerprint density at radius 2 is 2.12 bits per heavy atom. The average molecular weight is 296 g/mol. The lowest BCUT2D eigenvalue weighted by Gasteiger charge is -2.05. The molecule has 1 N–H and O–H groups in total. The molecule has 2 rings (SSSR count). The number of anilines is 1. The number of nitrogens with zero attached hydrogens (tertiary/aromatic N) is 2. The fourth-order valence-electron chi connectivity index (χ4n) is 1.21. The molecular weight excluding hydrogens is 289 g/mol. The highest BCUT2D eigenvalue weighted by Gasteiger charge is 2.11. The summed E-state index contributed by atoms with van der Waals surface area (Å²) in [5, 5.41) is 2.54. The van der Waals surface area contributed by atoms with Crippen molar-refractivity contribution in [2.75, 3.05) is 5.32 Å². The summed E-state index contributed by atoms with van der Waals surface area (Å²) in [5.74, 6) is -1.19. The SMILES string of the molecule is O=C(Nc1ccc(Br)nc1)c1ccncc1F. The van der Waals surface area contributed by atoms with E-state index in [0.29, 0.717) is 10.3 Å². The number of aromatic nitrogens is 2. The van der Waals surface area contributed by atoms with E-state index in [1.165, 1.54) is 18.5 Å². The first-order valence-corrected chi connectivity index (χ1v) is 5.48. The zero-order chi connectivity index (χ0) is 12.3. The van der Waals surface area contributed by atoms with E-state index < -0.39 is 11.7 Å². The summed E-state index contributed by atoms with van der Waals surface area (Å²) in [4.78, 5) is 19.2. The van der Waals surface area contributed by atoms with Gasteiger partial charge in [0.25, 0.3) is 5.91 Å². The predicted octanol–water partition coefficient (Wildman–Crippen LogP) is 2.63. The Labute approximate surface area is 105 Å². The van der Waals surface area contributed by atoms with Crippen LogP contribution in [0.3, 0.4) is 0 Å². The van der Waals surface area contributed by atoms with Crippen molar-refractivity contribution in [1.29, 1.82) is 0 Å². The van der Waals surface area contributed by atoms with Crippen LogP contribution in [0.25, 0.3) is 0 Å². The first-order valence-electron chi connectivity index (χ1n) is 4.69. The third-order valence-electron chi connectivity index (χ3n) is 2.00. The molecule has 0 bridgehead atoms. The second-order valence-corrected chi connectivity index (χ2v) is 3.99. The first-order chi connectivity index (χ1) is 8.16. The molecule has 2 aromatic heterocycles. The Balaban J connectivity index is 2.17. The Kier molecular flexibility index (Phi) is 3.43. The van der Waals surface area contributed by atoms with Crippen LogP contribution >= 0.6 is 15.9 Å². The lowest BCUT2D eigenvalue weighted by Crippen LogP contribution is -2.13. The molecule has 0 aromatic carbocycles. The molecule has 0 radical (unpaired) electrons. The maximum absolute atomic E-state index is 13.3. The molecule has 0 aliphatic carbocycles. The maximum Gasteiger partial charge on any atom is 0.258 e. The number of carbonyl (C=O) groups excluding carboxylic acids is 1. The van der Waals surface area contributed by atoms with Gasteiger partial charge >= 0.3 is 0 Å². The van der Waals surface area contributed by atoms with Gasteiger partial charge in [-0.1, -0.05) is 0 Å². The second-order valence-electron chi connectivity index (χ2n) is 3.18. The highest BCUT2D eigenvalue weighted by Crippen LogP contribution is 2.12. The van der Waals surface area contributed by atoms with E-state index in [1.54, 1.807) is 12.1 Å². The lowest BCUT2D eigenvalue weighted by atomic mass is 10.2. The van der Waals surface area contributed by atoms with Gasteiger partial charge < -0.3 is 5.32 Å². The first kappa shape index (κ1) is 11.7. The molecule has 0 aliphatic rings. The van der Waals surface area contributed by atoms with E-state index in [-0.39, 0.29) is 5.56 Å². The largest absolute Gasteiger partial charge is 0.320 e. The average Bonchev–Trinajstić information content (AvgIpc) is 2.32. The van der Waals surface area contributed by atoms with Gasteiger partial charge in [0, 0.05) is 6.20 Å². The van der Waals surface area contributed by atoms with Crippen LogP contribution in [-0.4, -0.2) is 15.9 Å². The molecule has 4 nitrogen and oxygen atoms in total. The van der Waals surface area contributed by atoms with Crippen LogP contribution in [0.2, 0.25) is 0 Å². The summed E-state index contributed by atoms with van der Waals surface area (Å²) in [6, 6.07) is 4.66. The predicted molar refractivity (Wildman–Crippen MR) is 64.1 cm³/mol. The number of hydrogen-bond donors (Lipinski definition) is 1. The standard InChI is InChI=1S/C11H7BrFN3O/c12-10-2-1-7(5-15-10)16-11(17)8-3-4-14-6-9(8)13/h1-6H,(H,16,17). The van der Waals surface area contributed by atoms with Crippen LogP contribution in [0.5, 0.6) is 0 Å². The fourth-order valence-corrected chi connectivity index (χ4v) is 1.44. The molecule has 0 unspecified atom stereocenters. The van der Waals surface area contributed by atoms with Gasteiger partial charge in [-0.2, -0.15) is 0 Å². The van der Waals surface area contributed by atoms with Gasteiger partial charge in [0.2, 0.25) is 0 Å². The van der Waals surface area contributed by atoms with Crippen LogP contribution in [0, 0.1) is 5.82 Å². The molecule has 0 saturated heterocycles. The minimum Gasteiger partial charge on any atom is -0.320 e. The van der Waals surface area contributed by atoms with E-state index in [0.717, 1.165) is 6.20 Å². The van der Waals surface area contributed by atoms with Crippen molar-refractivity contribution in [3.63, 3.8) is 0 Å². The molecular formula is C11H7BrFN3O. The number of halogens is 2. The van der Waals surface area contributed by atoms with Gasteiger partial charge in [-0.25, -0.2) is 9.37 Å². The minimum absolute atomic E-state index is 0.0529. The van der Waals surface area contributed by atoms with Crippen molar-refractivity contribution in [1.82, 2.24) is 9.97 Å². The van der Waals surface area contributed by atoms with E-state index in [9.17, 15) is 9.18 Å². The van der Waals surface area contributed by atoms with Crippen molar-refractivity contribution >= 4 is 27.5 Å². The molecule has 0 fully saturated rings. The lowest BCUT2D eigenvalue weighted by molar-refractivity contribution is 0.102. The third-order valence-corrected chi connectivity index (χ3v) is 2.47. The Bertz CT molecular complexity index is 545. The minimum atomic E-state index is -0.657. The van der Waals surface area contributed by atoms with Crippen LogP contribution in [0.15, 0.2) is 41.4 Å². The van der Waals surface area contributed by atoms with Gasteiger partial charge in [0.05, 0.1) is 23.6 Å². The smallest absolute Gasteiger partial charge is 0.258 e. The van der Waals surface area contributed by atoms with Gasteiger partial charge in [-0.15, -0.1) is 0 Å². The molecule has 17 heavy (non-hydrogen) atoms. The molecule has 0 atom stereocenters. The van der Waals surface area contributed by atoms with Crippen molar-refractivity contribution in [2.24, 2.45) is 0 Å². The molecule has 0 aliphatic heterocycles. The summed E-state index contributed by atoms with van der Waals surface area (Å²) in [6.07, 6.45) is 3.83. The molecule has 1 amide bonds. The Morgan fingerprint density at radius 3 is 2.76 bits per heavy atom. The third kappa shape index (κ3) is 2.85. The summed E-state index contributed by atoms with van der Waals surface area (Å²) < 4.78 is 13.9. The highest BCUT2D eigenvalue weighted by molar-refractivity contribution is 9.10. The van der Waals surface area contributed by atoms with Crippen LogP contribution in [0.4, 0.5) is 10.1 Å². The van der Waals surface area contributed by atoms with E-state index in [1.807, 2.05) is 0 Å². The van der Waals surface area contributed by atoms with Crippen molar-refractivity contribution in [2.45, 2.75) is 0 Å². The number of rotatable bonds is 2. The summed E-state index contributed by atoms with van der Waals surface area (Å²) in [7, 11) is 0. The molecule has 6 heteroatoms. The molecule has 2 heterocycles. The number of carbonyl (C=O) groups is 1. The van der Waals surface area contributed by atoms with Crippen LogP contribution in [-0.2, 0) is 0 Å². The van der Waals surface area contributed by atoms with Gasteiger partial charge in [0.1, 0.15) is 4.60 Å². The van der Waals surface area contributed by atoms with Gasteiger partial charge in [-0.05, 0) is 34.1 Å². The fraction of sp³-hybridized carbons (Fsp3) is 0. The second kappa shape index (κ2) is 5.01. The van der Waals surface area contributed by atoms with E-state index >= 15 is 0 Å². The van der Waals surface area contributed by atoms with Gasteiger partial charge in [-0.3, -0.25) is 9.78 Å². The number of pyridine rings is 2. The van der Waals surface area contributed by atoms with E-state index in [4.69, 9.17) is 0 Å². The van der Waals surface area contributed by atoms with Gasteiger partial charge in [0.15, 0.2) is 5.82 Å². The van der Waals surface area contributed by atoms with Crippen molar-refractivity contribution in [3.05, 3.63) is 52.8 Å².